The average molecular weight is 329 g/mol. The number of amides is 1. The van der Waals surface area contributed by atoms with Gasteiger partial charge in [-0.05, 0) is 37.8 Å². The summed E-state index contributed by atoms with van der Waals surface area (Å²) < 4.78 is 0. The number of likely N-dealkylation sites (tertiary alicyclic amines) is 1. The molecule has 118 valence electrons. The van der Waals surface area contributed by atoms with Gasteiger partial charge in [0.05, 0.1) is 0 Å². The molecule has 1 amide bonds. The van der Waals surface area contributed by atoms with Gasteiger partial charge in [0.2, 0.25) is 5.91 Å². The normalized spacial score (nSPS) is 19.1. The van der Waals surface area contributed by atoms with Crippen LogP contribution in [0.3, 0.4) is 0 Å². The molecule has 0 bridgehead atoms. The molecule has 1 aromatic carbocycles. The van der Waals surface area contributed by atoms with Crippen LogP contribution in [0.1, 0.15) is 26.2 Å². The molecule has 1 aliphatic heterocycles. The highest BCUT2D eigenvalue weighted by Crippen LogP contribution is 2.26. The number of benzene rings is 1. The molecule has 0 saturated carbocycles. The van der Waals surface area contributed by atoms with E-state index in [2.05, 4.69) is 24.3 Å². The van der Waals surface area contributed by atoms with Gasteiger partial charge in [-0.15, -0.1) is 24.2 Å². The van der Waals surface area contributed by atoms with Crippen molar-refractivity contribution in [3.05, 3.63) is 30.3 Å². The number of halogens is 1. The maximum atomic E-state index is 12.0. The lowest BCUT2D eigenvalue weighted by Crippen LogP contribution is -2.30. The summed E-state index contributed by atoms with van der Waals surface area (Å²) in [6, 6.07) is 10.6. The molecule has 3 nitrogen and oxygen atoms in total. The number of hydrogen-bond donors (Lipinski definition) is 1. The molecule has 2 N–H and O–H groups in total. The Morgan fingerprint density at radius 1 is 1.43 bits per heavy atom. The van der Waals surface area contributed by atoms with E-state index in [0.29, 0.717) is 12.3 Å². The first kappa shape index (κ1) is 18.3. The highest BCUT2D eigenvalue weighted by atomic mass is 35.5. The molecule has 0 radical (unpaired) electrons. The number of nitrogens with zero attached hydrogens (tertiary/aromatic N) is 1. The molecule has 1 heterocycles. The molecule has 1 aliphatic rings. The SMILES string of the molecule is CC(N)CCC(=O)N1CCC(CSc2ccccc2)C1.Cl. The molecule has 2 rings (SSSR count). The van der Waals surface area contributed by atoms with Gasteiger partial charge >= 0.3 is 0 Å². The lowest BCUT2D eigenvalue weighted by molar-refractivity contribution is -0.130. The predicted molar refractivity (Wildman–Crippen MR) is 92.0 cm³/mol. The first-order valence-electron chi connectivity index (χ1n) is 7.36. The first-order chi connectivity index (χ1) is 9.65. The second-order valence-corrected chi connectivity index (χ2v) is 6.73. The summed E-state index contributed by atoms with van der Waals surface area (Å²) in [5.41, 5.74) is 5.70. The summed E-state index contributed by atoms with van der Waals surface area (Å²) in [6.45, 7) is 3.78. The molecule has 1 aromatic rings. The summed E-state index contributed by atoms with van der Waals surface area (Å²) in [4.78, 5) is 15.4. The van der Waals surface area contributed by atoms with E-state index in [9.17, 15) is 4.79 Å². The largest absolute Gasteiger partial charge is 0.342 e. The van der Waals surface area contributed by atoms with Crippen molar-refractivity contribution in [2.75, 3.05) is 18.8 Å². The summed E-state index contributed by atoms with van der Waals surface area (Å²) in [5.74, 6) is 2.00. The minimum absolute atomic E-state index is 0. The standard InChI is InChI=1S/C16H24N2OS.ClH/c1-13(17)7-8-16(19)18-10-9-14(11-18)12-20-15-5-3-2-4-6-15;/h2-6,13-14H,7-12,17H2,1H3;1H. The molecule has 0 aromatic heterocycles. The molecule has 5 heteroatoms. The monoisotopic (exact) mass is 328 g/mol. The molecule has 0 spiro atoms. The maximum Gasteiger partial charge on any atom is 0.222 e. The van der Waals surface area contributed by atoms with Gasteiger partial charge in [0.25, 0.3) is 0 Å². The van der Waals surface area contributed by atoms with Crippen LogP contribution in [0.5, 0.6) is 0 Å². The van der Waals surface area contributed by atoms with Crippen LogP contribution in [0, 0.1) is 5.92 Å². The van der Waals surface area contributed by atoms with Crippen molar-refractivity contribution in [1.82, 2.24) is 4.90 Å². The molecule has 2 atom stereocenters. The number of nitrogens with two attached hydrogens (primary N) is 1. The maximum absolute atomic E-state index is 12.0. The van der Waals surface area contributed by atoms with Crippen molar-refractivity contribution in [2.45, 2.75) is 37.1 Å². The third kappa shape index (κ3) is 6.29. The minimum Gasteiger partial charge on any atom is -0.342 e. The smallest absolute Gasteiger partial charge is 0.222 e. The van der Waals surface area contributed by atoms with Crippen molar-refractivity contribution < 1.29 is 4.79 Å². The van der Waals surface area contributed by atoms with Gasteiger partial charge in [-0.2, -0.15) is 0 Å². The van der Waals surface area contributed by atoms with Gasteiger partial charge in [-0.3, -0.25) is 4.79 Å². The van der Waals surface area contributed by atoms with Gasteiger partial charge in [-0.1, -0.05) is 18.2 Å². The van der Waals surface area contributed by atoms with E-state index < -0.39 is 0 Å². The van der Waals surface area contributed by atoms with Gasteiger partial charge in [0.15, 0.2) is 0 Å². The molecule has 1 fully saturated rings. The van der Waals surface area contributed by atoms with Crippen molar-refractivity contribution >= 4 is 30.1 Å². The van der Waals surface area contributed by atoms with Crippen LogP contribution >= 0.6 is 24.2 Å². The predicted octanol–water partition coefficient (Wildman–Crippen LogP) is 3.18. The topological polar surface area (TPSA) is 46.3 Å². The fourth-order valence-electron chi connectivity index (χ4n) is 2.44. The Morgan fingerprint density at radius 2 is 2.14 bits per heavy atom. The summed E-state index contributed by atoms with van der Waals surface area (Å²) in [5, 5.41) is 0. The van der Waals surface area contributed by atoms with E-state index in [4.69, 9.17) is 5.73 Å². The van der Waals surface area contributed by atoms with Gasteiger partial charge in [-0.25, -0.2) is 0 Å². The average Bonchev–Trinajstić information content (AvgIpc) is 2.92. The van der Waals surface area contributed by atoms with E-state index >= 15 is 0 Å². The molecular formula is C16H25ClN2OS. The number of hydrogen-bond acceptors (Lipinski definition) is 3. The van der Waals surface area contributed by atoms with E-state index in [0.717, 1.165) is 31.7 Å². The van der Waals surface area contributed by atoms with Gasteiger partial charge in [0, 0.05) is 36.2 Å². The van der Waals surface area contributed by atoms with E-state index in [1.165, 1.54) is 4.90 Å². The van der Waals surface area contributed by atoms with E-state index in [1.54, 1.807) is 0 Å². The quantitative estimate of drug-likeness (QED) is 0.816. The zero-order valence-electron chi connectivity index (χ0n) is 12.5. The van der Waals surface area contributed by atoms with Gasteiger partial charge in [0.1, 0.15) is 0 Å². The van der Waals surface area contributed by atoms with Crippen LogP contribution < -0.4 is 5.73 Å². The Hall–Kier alpha value is -0.710. The molecular weight excluding hydrogens is 304 g/mol. The Kier molecular flexibility index (Phi) is 8.15. The fourth-order valence-corrected chi connectivity index (χ4v) is 3.49. The van der Waals surface area contributed by atoms with Crippen LogP contribution in [0.2, 0.25) is 0 Å². The second kappa shape index (κ2) is 9.34. The van der Waals surface area contributed by atoms with Crippen molar-refractivity contribution in [2.24, 2.45) is 11.7 Å². The molecule has 0 aliphatic carbocycles. The number of rotatable bonds is 6. The second-order valence-electron chi connectivity index (χ2n) is 5.63. The Morgan fingerprint density at radius 3 is 2.81 bits per heavy atom. The number of carbonyl (C=O) groups is 1. The van der Waals surface area contributed by atoms with Crippen LogP contribution in [0.15, 0.2) is 35.2 Å². The Bertz CT molecular complexity index is 428. The van der Waals surface area contributed by atoms with Gasteiger partial charge < -0.3 is 10.6 Å². The number of thioether (sulfide) groups is 1. The molecule has 2 unspecified atom stereocenters. The van der Waals surface area contributed by atoms with Crippen LogP contribution in [0.25, 0.3) is 0 Å². The lowest BCUT2D eigenvalue weighted by Gasteiger charge is -2.17. The van der Waals surface area contributed by atoms with E-state index in [1.807, 2.05) is 29.7 Å². The van der Waals surface area contributed by atoms with Crippen molar-refractivity contribution in [1.29, 1.82) is 0 Å². The highest BCUT2D eigenvalue weighted by Gasteiger charge is 2.25. The number of carbonyl (C=O) groups excluding carboxylic acids is 1. The summed E-state index contributed by atoms with van der Waals surface area (Å²) >= 11 is 1.89. The van der Waals surface area contributed by atoms with E-state index in [-0.39, 0.29) is 24.4 Å². The molecule has 21 heavy (non-hydrogen) atoms. The minimum atomic E-state index is 0. The summed E-state index contributed by atoms with van der Waals surface area (Å²) in [7, 11) is 0. The van der Waals surface area contributed by atoms with Crippen LogP contribution in [0.4, 0.5) is 0 Å². The van der Waals surface area contributed by atoms with Crippen molar-refractivity contribution in [3.8, 4) is 0 Å². The van der Waals surface area contributed by atoms with Crippen molar-refractivity contribution in [3.63, 3.8) is 0 Å². The third-order valence-corrected chi connectivity index (χ3v) is 4.92. The Labute approximate surface area is 138 Å². The first-order valence-corrected chi connectivity index (χ1v) is 8.35. The fraction of sp³-hybridized carbons (Fsp3) is 0.562. The summed E-state index contributed by atoms with van der Waals surface area (Å²) in [6.07, 6.45) is 2.51. The Balaban J connectivity index is 0.00000220. The van der Waals surface area contributed by atoms with Crippen LogP contribution in [-0.2, 0) is 4.79 Å². The van der Waals surface area contributed by atoms with Crippen LogP contribution in [-0.4, -0.2) is 35.7 Å². The zero-order chi connectivity index (χ0) is 14.4. The highest BCUT2D eigenvalue weighted by molar-refractivity contribution is 7.99. The molecule has 1 saturated heterocycles. The third-order valence-electron chi connectivity index (χ3n) is 3.68. The zero-order valence-corrected chi connectivity index (χ0v) is 14.2. The lowest BCUT2D eigenvalue weighted by atomic mass is 10.1.